The van der Waals surface area contributed by atoms with Crippen LogP contribution in [-0.4, -0.2) is 39.9 Å². The Balaban J connectivity index is 1.64. The summed E-state index contributed by atoms with van der Waals surface area (Å²) in [6, 6.07) is 12.7. The largest absolute Gasteiger partial charge is 0.339 e. The van der Waals surface area contributed by atoms with E-state index in [0.29, 0.717) is 52.4 Å². The number of carbonyl (C=O) groups excluding carboxylic acids is 2. The number of fused-ring (bicyclic) bond motifs is 1. The molecule has 3 heterocycles. The molecule has 164 valence electrons. The van der Waals surface area contributed by atoms with Gasteiger partial charge >= 0.3 is 0 Å². The highest BCUT2D eigenvalue weighted by atomic mass is 32.1. The molecular weight excluding hydrogens is 424 g/mol. The summed E-state index contributed by atoms with van der Waals surface area (Å²) < 4.78 is 5.37. The fraction of sp³-hybridized carbons (Fsp3) is 0.250. The number of aryl methyl sites for hydroxylation is 2. The molecule has 0 atom stereocenters. The maximum Gasteiger partial charge on any atom is 0.259 e. The summed E-state index contributed by atoms with van der Waals surface area (Å²) in [5, 5.41) is 7.50. The summed E-state index contributed by atoms with van der Waals surface area (Å²) in [5.41, 5.74) is 3.22. The Morgan fingerprint density at radius 1 is 1.06 bits per heavy atom. The van der Waals surface area contributed by atoms with Gasteiger partial charge in [-0.05, 0) is 70.2 Å². The molecule has 0 saturated heterocycles. The molecule has 0 spiro atoms. The van der Waals surface area contributed by atoms with E-state index in [1.54, 1.807) is 53.5 Å². The molecule has 0 radical (unpaired) electrons. The summed E-state index contributed by atoms with van der Waals surface area (Å²) in [4.78, 5) is 34.1. The highest BCUT2D eigenvalue weighted by Gasteiger charge is 2.20. The number of thiophene rings is 1. The van der Waals surface area contributed by atoms with Crippen molar-refractivity contribution < 1.29 is 14.1 Å². The highest BCUT2D eigenvalue weighted by Crippen LogP contribution is 2.31. The van der Waals surface area contributed by atoms with Gasteiger partial charge in [0.05, 0.1) is 27.2 Å². The Kier molecular flexibility index (Phi) is 6.05. The van der Waals surface area contributed by atoms with Crippen molar-refractivity contribution in [2.24, 2.45) is 0 Å². The monoisotopic (exact) mass is 448 g/mol. The van der Waals surface area contributed by atoms with Crippen molar-refractivity contribution in [3.05, 3.63) is 64.2 Å². The molecule has 0 bridgehead atoms. The highest BCUT2D eigenvalue weighted by molar-refractivity contribution is 7.15. The molecule has 7 nitrogen and oxygen atoms in total. The Hall–Kier alpha value is -3.52. The first-order valence-corrected chi connectivity index (χ1v) is 11.3. The predicted octanol–water partition coefficient (Wildman–Crippen LogP) is 5.30. The van der Waals surface area contributed by atoms with Crippen LogP contribution in [0.3, 0.4) is 0 Å². The normalized spacial score (nSPS) is 11.0. The van der Waals surface area contributed by atoms with Gasteiger partial charge < -0.3 is 14.7 Å². The molecule has 1 aromatic carbocycles. The summed E-state index contributed by atoms with van der Waals surface area (Å²) in [6.45, 7) is 9.00. The zero-order valence-electron chi connectivity index (χ0n) is 18.4. The molecule has 0 fully saturated rings. The standard InChI is InChI=1S/C24H24N4O3S/c1-5-28(6-2)24(30)16-8-10-17(11-9-16)25-22(29)18-13-19(20-12-7-14(3)32-20)26-23-21(18)15(4)27-31-23/h7-13H,5-6H2,1-4H3,(H,25,29). The Morgan fingerprint density at radius 3 is 2.41 bits per heavy atom. The maximum atomic E-state index is 13.2. The lowest BCUT2D eigenvalue weighted by Gasteiger charge is -2.18. The van der Waals surface area contributed by atoms with Crippen molar-refractivity contribution in [3.63, 3.8) is 0 Å². The van der Waals surface area contributed by atoms with Gasteiger partial charge in [-0.25, -0.2) is 4.98 Å². The van der Waals surface area contributed by atoms with Crippen LogP contribution in [0.2, 0.25) is 0 Å². The summed E-state index contributed by atoms with van der Waals surface area (Å²) in [7, 11) is 0. The van der Waals surface area contributed by atoms with E-state index in [1.807, 2.05) is 32.9 Å². The minimum Gasteiger partial charge on any atom is -0.339 e. The minimum atomic E-state index is -0.291. The molecule has 0 saturated carbocycles. The lowest BCUT2D eigenvalue weighted by atomic mass is 10.1. The van der Waals surface area contributed by atoms with Crippen molar-refractivity contribution in [1.82, 2.24) is 15.0 Å². The van der Waals surface area contributed by atoms with E-state index in [9.17, 15) is 9.59 Å². The second kappa shape index (κ2) is 8.92. The molecule has 4 aromatic rings. The molecule has 4 rings (SSSR count). The number of rotatable bonds is 6. The number of anilines is 1. The third-order valence-electron chi connectivity index (χ3n) is 5.29. The van der Waals surface area contributed by atoms with Gasteiger partial charge in [0.2, 0.25) is 0 Å². The minimum absolute atomic E-state index is 0.0281. The number of carbonyl (C=O) groups is 2. The molecule has 1 N–H and O–H groups in total. The average molecular weight is 449 g/mol. The summed E-state index contributed by atoms with van der Waals surface area (Å²) in [5.74, 6) is -0.319. The second-order valence-corrected chi connectivity index (χ2v) is 8.71. The number of benzene rings is 1. The van der Waals surface area contributed by atoms with Crippen LogP contribution in [0, 0.1) is 13.8 Å². The number of aromatic nitrogens is 2. The van der Waals surface area contributed by atoms with Gasteiger partial charge in [-0.1, -0.05) is 5.16 Å². The van der Waals surface area contributed by atoms with E-state index < -0.39 is 0 Å². The van der Waals surface area contributed by atoms with E-state index in [-0.39, 0.29) is 11.8 Å². The van der Waals surface area contributed by atoms with Crippen molar-refractivity contribution >= 4 is 39.9 Å². The van der Waals surface area contributed by atoms with Crippen LogP contribution >= 0.6 is 11.3 Å². The maximum absolute atomic E-state index is 13.2. The van der Waals surface area contributed by atoms with Crippen LogP contribution in [0.5, 0.6) is 0 Å². The van der Waals surface area contributed by atoms with Gasteiger partial charge in [0.15, 0.2) is 0 Å². The van der Waals surface area contributed by atoms with Crippen molar-refractivity contribution in [1.29, 1.82) is 0 Å². The number of nitrogens with one attached hydrogen (secondary N) is 1. The first-order valence-electron chi connectivity index (χ1n) is 10.5. The zero-order valence-corrected chi connectivity index (χ0v) is 19.2. The van der Waals surface area contributed by atoms with Crippen molar-refractivity contribution in [2.75, 3.05) is 18.4 Å². The average Bonchev–Trinajstić information content (AvgIpc) is 3.40. The quantitative estimate of drug-likeness (QED) is 0.432. The fourth-order valence-corrected chi connectivity index (χ4v) is 4.39. The molecular formula is C24H24N4O3S. The van der Waals surface area contributed by atoms with Crippen molar-refractivity contribution in [3.8, 4) is 10.6 Å². The smallest absolute Gasteiger partial charge is 0.259 e. The molecule has 2 amide bonds. The van der Waals surface area contributed by atoms with E-state index in [1.165, 1.54) is 0 Å². The lowest BCUT2D eigenvalue weighted by molar-refractivity contribution is 0.0773. The zero-order chi connectivity index (χ0) is 22.8. The van der Waals surface area contributed by atoms with Crippen LogP contribution in [0.1, 0.15) is 45.1 Å². The molecule has 0 aliphatic carbocycles. The van der Waals surface area contributed by atoms with Crippen LogP contribution in [0.15, 0.2) is 47.0 Å². The van der Waals surface area contributed by atoms with Crippen molar-refractivity contribution in [2.45, 2.75) is 27.7 Å². The Morgan fingerprint density at radius 2 is 1.78 bits per heavy atom. The second-order valence-electron chi connectivity index (χ2n) is 7.42. The van der Waals surface area contributed by atoms with Crippen LogP contribution < -0.4 is 5.32 Å². The van der Waals surface area contributed by atoms with Gasteiger partial charge in [0.25, 0.3) is 17.5 Å². The number of amides is 2. The first-order chi connectivity index (χ1) is 15.4. The predicted molar refractivity (Wildman–Crippen MR) is 126 cm³/mol. The van der Waals surface area contributed by atoms with Gasteiger partial charge in [-0.15, -0.1) is 11.3 Å². The lowest BCUT2D eigenvalue weighted by Crippen LogP contribution is -2.30. The van der Waals surface area contributed by atoms with Gasteiger partial charge in [0, 0.05) is 29.2 Å². The topological polar surface area (TPSA) is 88.3 Å². The Labute approximate surface area is 190 Å². The van der Waals surface area contributed by atoms with Gasteiger partial charge in [-0.3, -0.25) is 9.59 Å². The molecule has 0 aliphatic heterocycles. The molecule has 32 heavy (non-hydrogen) atoms. The number of hydrogen-bond donors (Lipinski definition) is 1. The number of hydrogen-bond acceptors (Lipinski definition) is 6. The fourth-order valence-electron chi connectivity index (χ4n) is 3.56. The third kappa shape index (κ3) is 4.13. The van der Waals surface area contributed by atoms with Gasteiger partial charge in [-0.2, -0.15) is 0 Å². The molecule has 8 heteroatoms. The third-order valence-corrected chi connectivity index (χ3v) is 6.32. The molecule has 3 aromatic heterocycles. The van der Waals surface area contributed by atoms with Gasteiger partial charge in [0.1, 0.15) is 0 Å². The summed E-state index contributed by atoms with van der Waals surface area (Å²) >= 11 is 1.60. The molecule has 0 unspecified atom stereocenters. The Bertz CT molecular complexity index is 1290. The number of pyridine rings is 1. The SMILES string of the molecule is CCN(CC)C(=O)c1ccc(NC(=O)c2cc(-c3ccc(C)s3)nc3onc(C)c23)cc1. The van der Waals surface area contributed by atoms with Crippen LogP contribution in [0.4, 0.5) is 5.69 Å². The van der Waals surface area contributed by atoms with Crippen LogP contribution in [-0.2, 0) is 0 Å². The first kappa shape index (κ1) is 21.7. The van der Waals surface area contributed by atoms with E-state index in [2.05, 4.69) is 15.5 Å². The summed E-state index contributed by atoms with van der Waals surface area (Å²) in [6.07, 6.45) is 0. The van der Waals surface area contributed by atoms with Crippen LogP contribution in [0.25, 0.3) is 21.7 Å². The number of nitrogens with zero attached hydrogens (tertiary/aromatic N) is 3. The van der Waals surface area contributed by atoms with E-state index in [4.69, 9.17) is 4.52 Å². The van der Waals surface area contributed by atoms with E-state index in [0.717, 1.165) is 9.75 Å². The van der Waals surface area contributed by atoms with E-state index >= 15 is 0 Å². The molecule has 0 aliphatic rings.